The first-order valence-corrected chi connectivity index (χ1v) is 11.9. The van der Waals surface area contributed by atoms with Crippen LogP contribution in [0, 0.1) is 0 Å². The SMILES string of the molecule is NCc1ccc2c(c1)C1(CCN(C(=O)/C=C/c3cccc(OCc4ccccc4)c3)CC1)CO2. The van der Waals surface area contributed by atoms with Crippen LogP contribution in [0.1, 0.15) is 35.1 Å². The lowest BCUT2D eigenvalue weighted by atomic mass is 9.74. The molecule has 1 fully saturated rings. The number of rotatable bonds is 6. The third kappa shape index (κ3) is 4.70. The average Bonchev–Trinajstić information content (AvgIpc) is 3.24. The van der Waals surface area contributed by atoms with Crippen molar-refractivity contribution in [3.63, 3.8) is 0 Å². The summed E-state index contributed by atoms with van der Waals surface area (Å²) in [6.07, 6.45) is 5.33. The Balaban J connectivity index is 1.18. The summed E-state index contributed by atoms with van der Waals surface area (Å²) in [5.41, 5.74) is 10.3. The van der Waals surface area contributed by atoms with Gasteiger partial charge in [0.15, 0.2) is 0 Å². The Kier molecular flexibility index (Phi) is 6.37. The van der Waals surface area contributed by atoms with Gasteiger partial charge in [-0.25, -0.2) is 0 Å². The highest BCUT2D eigenvalue weighted by atomic mass is 16.5. The number of nitrogens with two attached hydrogens (primary N) is 1. The quantitative estimate of drug-likeness (QED) is 0.549. The van der Waals surface area contributed by atoms with Crippen LogP contribution < -0.4 is 15.2 Å². The number of carbonyl (C=O) groups excluding carboxylic acids is 1. The summed E-state index contributed by atoms with van der Waals surface area (Å²) < 4.78 is 11.9. The number of nitrogens with zero attached hydrogens (tertiary/aromatic N) is 1. The number of likely N-dealkylation sites (tertiary alicyclic amines) is 1. The molecular formula is C29H30N2O3. The first kappa shape index (κ1) is 22.2. The van der Waals surface area contributed by atoms with Crippen molar-refractivity contribution >= 4 is 12.0 Å². The molecule has 2 aliphatic heterocycles. The van der Waals surface area contributed by atoms with Gasteiger partial charge in [-0.15, -0.1) is 0 Å². The molecule has 5 rings (SSSR count). The number of ether oxygens (including phenoxy) is 2. The fourth-order valence-corrected chi connectivity index (χ4v) is 4.83. The third-order valence-electron chi connectivity index (χ3n) is 6.91. The standard InChI is InChI=1S/C29H30N2O3/c30-19-24-9-11-27-26(18-24)29(21-34-27)13-15-31(16-14-29)28(32)12-10-22-7-4-8-25(17-22)33-20-23-5-2-1-3-6-23/h1-12,17-18H,13-16,19-21,30H2/b12-10+. The Morgan fingerprint density at radius 3 is 2.62 bits per heavy atom. The number of benzene rings is 3. The van der Waals surface area contributed by atoms with E-state index in [1.54, 1.807) is 6.08 Å². The van der Waals surface area contributed by atoms with Gasteiger partial charge >= 0.3 is 0 Å². The molecule has 0 aliphatic carbocycles. The van der Waals surface area contributed by atoms with Gasteiger partial charge in [0.05, 0.1) is 6.61 Å². The van der Waals surface area contributed by atoms with Gasteiger partial charge < -0.3 is 20.1 Å². The molecule has 0 aromatic heterocycles. The van der Waals surface area contributed by atoms with E-state index in [-0.39, 0.29) is 11.3 Å². The molecule has 0 radical (unpaired) electrons. The molecule has 5 heteroatoms. The van der Waals surface area contributed by atoms with Gasteiger partial charge in [0.1, 0.15) is 18.1 Å². The lowest BCUT2D eigenvalue weighted by Gasteiger charge is -2.38. The summed E-state index contributed by atoms with van der Waals surface area (Å²) in [4.78, 5) is 14.8. The Morgan fingerprint density at radius 2 is 1.82 bits per heavy atom. The van der Waals surface area contributed by atoms with Crippen LogP contribution in [-0.4, -0.2) is 30.5 Å². The predicted molar refractivity (Wildman–Crippen MR) is 134 cm³/mol. The second-order valence-electron chi connectivity index (χ2n) is 9.11. The minimum absolute atomic E-state index is 0.00850. The summed E-state index contributed by atoms with van der Waals surface area (Å²) >= 11 is 0. The Labute approximate surface area is 200 Å². The van der Waals surface area contributed by atoms with Crippen molar-refractivity contribution in [2.75, 3.05) is 19.7 Å². The first-order chi connectivity index (χ1) is 16.6. The molecule has 2 heterocycles. The van der Waals surface area contributed by atoms with Crippen LogP contribution in [0.3, 0.4) is 0 Å². The molecule has 2 N–H and O–H groups in total. The molecular weight excluding hydrogens is 424 g/mol. The second-order valence-corrected chi connectivity index (χ2v) is 9.11. The summed E-state index contributed by atoms with van der Waals surface area (Å²) in [5, 5.41) is 0. The topological polar surface area (TPSA) is 64.8 Å². The summed E-state index contributed by atoms with van der Waals surface area (Å²) in [6.45, 7) is 3.17. The molecule has 2 aliphatic rings. The normalized spacial score (nSPS) is 16.4. The maximum Gasteiger partial charge on any atom is 0.246 e. The van der Waals surface area contributed by atoms with Crippen molar-refractivity contribution in [3.05, 3.63) is 101 Å². The van der Waals surface area contributed by atoms with Crippen LogP contribution >= 0.6 is 0 Å². The highest BCUT2D eigenvalue weighted by Crippen LogP contribution is 2.45. The van der Waals surface area contributed by atoms with Crippen molar-refractivity contribution < 1.29 is 14.3 Å². The van der Waals surface area contributed by atoms with Crippen molar-refractivity contribution in [3.8, 4) is 11.5 Å². The molecule has 34 heavy (non-hydrogen) atoms. The predicted octanol–water partition coefficient (Wildman–Crippen LogP) is 4.69. The molecule has 3 aromatic rings. The minimum Gasteiger partial charge on any atom is -0.492 e. The molecule has 1 spiro atoms. The van der Waals surface area contributed by atoms with E-state index < -0.39 is 0 Å². The second kappa shape index (κ2) is 9.74. The zero-order chi connectivity index (χ0) is 23.4. The number of amides is 1. The molecule has 0 bridgehead atoms. The molecule has 174 valence electrons. The van der Waals surface area contributed by atoms with Gasteiger partial charge in [0.25, 0.3) is 0 Å². The molecule has 1 saturated heterocycles. The van der Waals surface area contributed by atoms with Crippen LogP contribution in [0.2, 0.25) is 0 Å². The van der Waals surface area contributed by atoms with E-state index in [9.17, 15) is 4.79 Å². The van der Waals surface area contributed by atoms with Crippen molar-refractivity contribution in [2.45, 2.75) is 31.4 Å². The lowest BCUT2D eigenvalue weighted by molar-refractivity contribution is -0.127. The largest absolute Gasteiger partial charge is 0.492 e. The van der Waals surface area contributed by atoms with E-state index in [0.717, 1.165) is 54.1 Å². The Morgan fingerprint density at radius 1 is 1.00 bits per heavy atom. The summed E-state index contributed by atoms with van der Waals surface area (Å²) in [7, 11) is 0. The van der Waals surface area contributed by atoms with Gasteiger partial charge in [0, 0.05) is 36.7 Å². The van der Waals surface area contributed by atoms with Crippen LogP contribution in [0.4, 0.5) is 0 Å². The highest BCUT2D eigenvalue weighted by molar-refractivity contribution is 5.92. The van der Waals surface area contributed by atoms with Crippen LogP contribution in [0.25, 0.3) is 6.08 Å². The van der Waals surface area contributed by atoms with E-state index in [1.807, 2.05) is 77.7 Å². The molecule has 5 nitrogen and oxygen atoms in total. The summed E-state index contributed by atoms with van der Waals surface area (Å²) in [5.74, 6) is 1.79. The first-order valence-electron chi connectivity index (χ1n) is 11.9. The number of hydrogen-bond acceptors (Lipinski definition) is 4. The number of carbonyl (C=O) groups is 1. The number of fused-ring (bicyclic) bond motifs is 2. The fraction of sp³-hybridized carbons (Fsp3) is 0.276. The van der Waals surface area contributed by atoms with E-state index in [2.05, 4.69) is 6.07 Å². The average molecular weight is 455 g/mol. The maximum atomic E-state index is 12.9. The van der Waals surface area contributed by atoms with Crippen molar-refractivity contribution in [1.29, 1.82) is 0 Å². The molecule has 0 saturated carbocycles. The van der Waals surface area contributed by atoms with E-state index in [0.29, 0.717) is 19.8 Å². The van der Waals surface area contributed by atoms with E-state index in [1.165, 1.54) is 5.56 Å². The zero-order valence-corrected chi connectivity index (χ0v) is 19.3. The van der Waals surface area contributed by atoms with E-state index >= 15 is 0 Å². The van der Waals surface area contributed by atoms with Crippen molar-refractivity contribution in [1.82, 2.24) is 4.90 Å². The van der Waals surface area contributed by atoms with Crippen LogP contribution in [0.5, 0.6) is 11.5 Å². The van der Waals surface area contributed by atoms with Gasteiger partial charge in [0.2, 0.25) is 5.91 Å². The van der Waals surface area contributed by atoms with Gasteiger partial charge in [-0.2, -0.15) is 0 Å². The lowest BCUT2D eigenvalue weighted by Crippen LogP contribution is -2.45. The maximum absolute atomic E-state index is 12.9. The third-order valence-corrected chi connectivity index (χ3v) is 6.91. The fourth-order valence-electron chi connectivity index (χ4n) is 4.83. The highest BCUT2D eigenvalue weighted by Gasteiger charge is 2.43. The molecule has 0 atom stereocenters. The smallest absolute Gasteiger partial charge is 0.246 e. The van der Waals surface area contributed by atoms with E-state index in [4.69, 9.17) is 15.2 Å². The van der Waals surface area contributed by atoms with Crippen molar-refractivity contribution in [2.24, 2.45) is 5.73 Å². The van der Waals surface area contributed by atoms with Gasteiger partial charge in [-0.05, 0) is 53.8 Å². The summed E-state index contributed by atoms with van der Waals surface area (Å²) in [6, 6.07) is 24.1. The molecule has 0 unspecified atom stereocenters. The van der Waals surface area contributed by atoms with Gasteiger partial charge in [-0.3, -0.25) is 4.79 Å². The number of hydrogen-bond donors (Lipinski definition) is 1. The minimum atomic E-state index is -0.00850. The Hall–Kier alpha value is -3.57. The van der Waals surface area contributed by atoms with Crippen LogP contribution in [-0.2, 0) is 23.4 Å². The number of piperidine rings is 1. The Bertz CT molecular complexity index is 1180. The molecule has 3 aromatic carbocycles. The van der Waals surface area contributed by atoms with Crippen LogP contribution in [0.15, 0.2) is 78.9 Å². The molecule has 1 amide bonds. The monoisotopic (exact) mass is 454 g/mol. The zero-order valence-electron chi connectivity index (χ0n) is 19.3. The van der Waals surface area contributed by atoms with Gasteiger partial charge in [-0.1, -0.05) is 54.6 Å².